The second-order valence-corrected chi connectivity index (χ2v) is 15.3. The molecule has 0 radical (unpaired) electrons. The summed E-state index contributed by atoms with van der Waals surface area (Å²) in [6, 6.07) is 60.8. The molecule has 9 aromatic rings. The van der Waals surface area contributed by atoms with E-state index in [9.17, 15) is 0 Å². The van der Waals surface area contributed by atoms with Gasteiger partial charge in [-0.15, -0.1) is 79.0 Å². The van der Waals surface area contributed by atoms with Crippen LogP contribution in [0.15, 0.2) is 170 Å². The molecule has 0 N–H and O–H groups in total. The van der Waals surface area contributed by atoms with Crippen molar-refractivity contribution in [2.45, 2.75) is 27.7 Å². The number of nitrogens with zero attached hydrogens (tertiary/aromatic N) is 3. The number of benzene rings is 5. The van der Waals surface area contributed by atoms with Crippen LogP contribution in [0.5, 0.6) is 0 Å². The van der Waals surface area contributed by atoms with Gasteiger partial charge in [-0.05, 0) is 99.9 Å². The molecule has 0 saturated carbocycles. The molecular weight excluding hydrogens is 893 g/mol. The maximum atomic E-state index is 4.26. The molecule has 57 heavy (non-hydrogen) atoms. The number of hydrogen-bond donors (Lipinski definition) is 0. The predicted molar refractivity (Wildman–Crippen MR) is 239 cm³/mol. The number of pyridine rings is 2. The van der Waals surface area contributed by atoms with Gasteiger partial charge >= 0.3 is 21.1 Å². The molecule has 0 aliphatic rings. The van der Waals surface area contributed by atoms with Crippen LogP contribution in [0.4, 0.5) is 0 Å². The van der Waals surface area contributed by atoms with E-state index in [0.29, 0.717) is 0 Å². The van der Waals surface area contributed by atoms with E-state index in [0.717, 1.165) is 52.3 Å². The number of para-hydroxylation sites is 1. The summed E-state index contributed by atoms with van der Waals surface area (Å²) in [7, 11) is 0.771. The second kappa shape index (κ2) is 19.3. The Kier molecular flexibility index (Phi) is 13.8. The fraction of sp³-hybridized carbons (Fsp3) is 0.0769. The zero-order valence-corrected chi connectivity index (χ0v) is 35.9. The first-order valence-corrected chi connectivity index (χ1v) is 19.8. The molecule has 0 amide bonds. The molecule has 0 aliphatic carbocycles. The number of fused-ring (bicyclic) bond motifs is 1. The summed E-state index contributed by atoms with van der Waals surface area (Å²) in [5, 5.41) is 6.38. The monoisotopic (exact) mass is 936 g/mol. The second-order valence-electron chi connectivity index (χ2n) is 13.7. The SMILES string of the molecule is C=c1cccc/c1=C/c1c(C)c2cc(-c3ccc(C)[pH]3)ccc2n1-c1ccccc1.Cc1[c-]c(-c2ccccn2)ccc1.Cc1[c-]c(-c2ccccn2)ccc1.[Pt+2]. The van der Waals surface area contributed by atoms with Crippen LogP contribution in [0, 0.1) is 39.8 Å². The van der Waals surface area contributed by atoms with Crippen molar-refractivity contribution in [2.75, 3.05) is 0 Å². The molecule has 1 unspecified atom stereocenters. The summed E-state index contributed by atoms with van der Waals surface area (Å²) >= 11 is 0. The van der Waals surface area contributed by atoms with Gasteiger partial charge in [-0.25, -0.2) is 0 Å². The van der Waals surface area contributed by atoms with Crippen LogP contribution in [0.25, 0.3) is 62.6 Å². The Hall–Kier alpha value is -5.85. The van der Waals surface area contributed by atoms with E-state index in [4.69, 9.17) is 0 Å². The van der Waals surface area contributed by atoms with E-state index < -0.39 is 0 Å². The third-order valence-corrected chi connectivity index (χ3v) is 10.8. The van der Waals surface area contributed by atoms with Gasteiger partial charge in [0.1, 0.15) is 0 Å². The standard InChI is InChI=1S/C28H24NP.2C12H10N.Pt/c1-19-9-7-8-10-22(19)18-27-21(3)25-17-23(28-16-13-20(2)30-28)14-15-26(25)29(27)24-11-5-4-6-12-24;2*1-10-5-4-6-11(9-10)12-7-2-3-8-13-12;/h4-18,30H,1H2,2-3H3;2*2-8H,1H3;/q;2*-1;+2/b22-18-;;;. The first-order valence-electron chi connectivity index (χ1n) is 18.8. The minimum atomic E-state index is 0. The molecule has 4 aromatic heterocycles. The van der Waals surface area contributed by atoms with Crippen LogP contribution < -0.4 is 10.4 Å². The van der Waals surface area contributed by atoms with Crippen molar-refractivity contribution in [1.82, 2.24) is 14.5 Å². The average molecular weight is 937 g/mol. The van der Waals surface area contributed by atoms with E-state index in [1.165, 1.54) is 44.0 Å². The summed E-state index contributed by atoms with van der Waals surface area (Å²) in [4.78, 5) is 8.52. The first kappa shape index (κ1) is 40.8. The summed E-state index contributed by atoms with van der Waals surface area (Å²) in [6.07, 6.45) is 5.86. The van der Waals surface area contributed by atoms with Gasteiger partial charge in [-0.1, -0.05) is 105 Å². The van der Waals surface area contributed by atoms with Gasteiger partial charge in [0.15, 0.2) is 0 Å². The smallest absolute Gasteiger partial charge is 0.310 e. The molecule has 282 valence electrons. The van der Waals surface area contributed by atoms with Crippen molar-refractivity contribution in [1.29, 1.82) is 0 Å². The minimum Gasteiger partial charge on any atom is -0.310 e. The molecule has 5 heteroatoms. The zero-order chi connectivity index (χ0) is 38.9. The van der Waals surface area contributed by atoms with Crippen molar-refractivity contribution in [3.8, 4) is 39.1 Å². The number of aromatic nitrogens is 3. The van der Waals surface area contributed by atoms with Crippen molar-refractivity contribution in [3.63, 3.8) is 0 Å². The van der Waals surface area contributed by atoms with E-state index in [1.807, 2.05) is 92.7 Å². The van der Waals surface area contributed by atoms with Crippen LogP contribution in [-0.2, 0) is 21.1 Å². The Labute approximate surface area is 352 Å². The Morgan fingerprint density at radius 3 is 1.74 bits per heavy atom. The van der Waals surface area contributed by atoms with E-state index in [-0.39, 0.29) is 21.1 Å². The first-order chi connectivity index (χ1) is 27.3. The van der Waals surface area contributed by atoms with Crippen LogP contribution in [0.1, 0.15) is 27.7 Å². The third kappa shape index (κ3) is 10.1. The predicted octanol–water partition coefficient (Wildman–Crippen LogP) is 11.9. The summed E-state index contributed by atoms with van der Waals surface area (Å²) in [5.74, 6) is 0. The molecule has 0 spiro atoms. The minimum absolute atomic E-state index is 0. The molecule has 0 aliphatic heterocycles. The van der Waals surface area contributed by atoms with E-state index >= 15 is 0 Å². The van der Waals surface area contributed by atoms with Crippen LogP contribution in [0.3, 0.4) is 0 Å². The molecule has 0 bridgehead atoms. The van der Waals surface area contributed by atoms with Gasteiger partial charge in [-0.3, -0.25) is 0 Å². The van der Waals surface area contributed by atoms with Gasteiger partial charge in [0, 0.05) is 23.5 Å². The van der Waals surface area contributed by atoms with Crippen molar-refractivity contribution in [2.24, 2.45) is 0 Å². The topological polar surface area (TPSA) is 30.7 Å². The van der Waals surface area contributed by atoms with Gasteiger partial charge in [0.25, 0.3) is 0 Å². The van der Waals surface area contributed by atoms with Gasteiger partial charge in [0.05, 0.1) is 11.2 Å². The average Bonchev–Trinajstić information content (AvgIpc) is 3.80. The van der Waals surface area contributed by atoms with Gasteiger partial charge in [-0.2, -0.15) is 0 Å². The summed E-state index contributed by atoms with van der Waals surface area (Å²) in [5.41, 5.74) is 12.6. The van der Waals surface area contributed by atoms with Crippen molar-refractivity contribution in [3.05, 3.63) is 220 Å². The fourth-order valence-corrected chi connectivity index (χ4v) is 7.73. The largest absolute Gasteiger partial charge is 2.00 e. The molecular formula is C52H44N3PPt. The Balaban J connectivity index is 0.000000168. The normalized spacial score (nSPS) is 11.0. The Morgan fingerprint density at radius 1 is 0.596 bits per heavy atom. The summed E-state index contributed by atoms with van der Waals surface area (Å²) in [6.45, 7) is 12.7. The van der Waals surface area contributed by atoms with Gasteiger partial charge in [0.2, 0.25) is 0 Å². The molecule has 0 saturated heterocycles. The van der Waals surface area contributed by atoms with Crippen molar-refractivity contribution < 1.29 is 21.1 Å². The number of hydrogen-bond acceptors (Lipinski definition) is 2. The Bertz CT molecular complexity index is 2730. The fourth-order valence-electron chi connectivity index (χ4n) is 6.67. The number of rotatable bonds is 5. The van der Waals surface area contributed by atoms with Crippen LogP contribution >= 0.6 is 8.19 Å². The maximum absolute atomic E-state index is 4.26. The zero-order valence-electron chi connectivity index (χ0n) is 32.6. The van der Waals surface area contributed by atoms with Crippen LogP contribution in [0.2, 0.25) is 0 Å². The molecule has 9 rings (SSSR count). The molecule has 0 fully saturated rings. The summed E-state index contributed by atoms with van der Waals surface area (Å²) < 4.78 is 2.37. The maximum Gasteiger partial charge on any atom is 2.00 e. The molecule has 1 atom stereocenters. The molecule has 3 nitrogen and oxygen atoms in total. The van der Waals surface area contributed by atoms with Crippen LogP contribution in [-0.4, -0.2) is 14.5 Å². The molecule has 4 heterocycles. The van der Waals surface area contributed by atoms with E-state index in [1.54, 1.807) is 12.4 Å². The molecule has 5 aromatic carbocycles. The number of aryl methyl sites for hydroxylation is 4. The third-order valence-electron chi connectivity index (χ3n) is 9.53. The van der Waals surface area contributed by atoms with Gasteiger partial charge < -0.3 is 14.5 Å². The van der Waals surface area contributed by atoms with E-state index in [2.05, 4.69) is 132 Å². The van der Waals surface area contributed by atoms with Crippen molar-refractivity contribution >= 4 is 31.8 Å². The quantitative estimate of drug-likeness (QED) is 0.161. The Morgan fingerprint density at radius 2 is 1.19 bits per heavy atom.